The Hall–Kier alpha value is -2.18. The summed E-state index contributed by atoms with van der Waals surface area (Å²) in [6.07, 6.45) is 0. The van der Waals surface area contributed by atoms with Gasteiger partial charge in [0.1, 0.15) is 17.3 Å². The number of primary amides is 1. The van der Waals surface area contributed by atoms with Crippen molar-refractivity contribution in [1.29, 1.82) is 0 Å². The number of hydrogen-bond acceptors (Lipinski definition) is 3. The molecule has 5 nitrogen and oxygen atoms in total. The maximum absolute atomic E-state index is 13.8. The molecule has 7 heteroatoms. The summed E-state index contributed by atoms with van der Waals surface area (Å²) in [6.45, 7) is 2.90. The number of nitrogens with zero attached hydrogens (tertiary/aromatic N) is 1. The number of carbonyl (C=O) groups is 2. The lowest BCUT2D eigenvalue weighted by atomic mass is 10.1. The van der Waals surface area contributed by atoms with Crippen LogP contribution in [0.2, 0.25) is 0 Å². The number of benzene rings is 1. The van der Waals surface area contributed by atoms with Crippen LogP contribution in [-0.2, 0) is 4.79 Å². The number of carbonyl (C=O) groups excluding carboxylic acids is 1. The minimum Gasteiger partial charge on any atom is -0.478 e. The highest BCUT2D eigenvalue weighted by atomic mass is 19.1. The first kappa shape index (κ1) is 14.9. The van der Waals surface area contributed by atoms with Crippen molar-refractivity contribution in [1.82, 2.24) is 0 Å². The van der Waals surface area contributed by atoms with Gasteiger partial charge in [-0.25, -0.2) is 13.6 Å². The van der Waals surface area contributed by atoms with Crippen LogP contribution in [0, 0.1) is 11.6 Å². The summed E-state index contributed by atoms with van der Waals surface area (Å²) >= 11 is 0. The first-order valence-electron chi connectivity index (χ1n) is 5.51. The number of rotatable bonds is 5. The topological polar surface area (TPSA) is 83.6 Å². The first-order valence-corrected chi connectivity index (χ1v) is 5.51. The number of carboxylic acids is 1. The van der Waals surface area contributed by atoms with E-state index in [0.29, 0.717) is 12.1 Å². The fraction of sp³-hybridized carbons (Fsp3) is 0.333. The maximum atomic E-state index is 13.8. The van der Waals surface area contributed by atoms with Crippen LogP contribution in [0.4, 0.5) is 14.5 Å². The van der Waals surface area contributed by atoms with Crippen LogP contribution in [0.3, 0.4) is 0 Å². The average molecular weight is 272 g/mol. The van der Waals surface area contributed by atoms with Crippen LogP contribution < -0.4 is 10.6 Å². The lowest BCUT2D eigenvalue weighted by Gasteiger charge is -2.28. The summed E-state index contributed by atoms with van der Waals surface area (Å²) in [5, 5.41) is 8.70. The molecular formula is C12H14F2N2O3. The van der Waals surface area contributed by atoms with Crippen LogP contribution in [0.1, 0.15) is 24.2 Å². The largest absolute Gasteiger partial charge is 0.478 e. The summed E-state index contributed by atoms with van der Waals surface area (Å²) in [6, 6.07) is 1.03. The third kappa shape index (κ3) is 3.40. The molecule has 0 fully saturated rings. The van der Waals surface area contributed by atoms with E-state index in [-0.39, 0.29) is 12.6 Å². The molecule has 0 saturated carbocycles. The summed E-state index contributed by atoms with van der Waals surface area (Å²) in [5.74, 6) is -4.27. The number of aromatic carboxylic acids is 1. The Bertz CT molecular complexity index is 495. The SMILES string of the molecule is CC(C)N(CC(N)=O)c1c(F)cc(C(=O)O)cc1F. The number of carboxylic acid groups (broad SMARTS) is 1. The Morgan fingerprint density at radius 1 is 1.32 bits per heavy atom. The number of halogens is 2. The van der Waals surface area contributed by atoms with Crippen molar-refractivity contribution in [2.45, 2.75) is 19.9 Å². The van der Waals surface area contributed by atoms with Crippen LogP contribution >= 0.6 is 0 Å². The quantitative estimate of drug-likeness (QED) is 0.847. The molecule has 19 heavy (non-hydrogen) atoms. The number of anilines is 1. The van der Waals surface area contributed by atoms with Gasteiger partial charge in [-0.05, 0) is 26.0 Å². The second-order valence-electron chi connectivity index (χ2n) is 4.28. The van der Waals surface area contributed by atoms with E-state index in [1.165, 1.54) is 0 Å². The van der Waals surface area contributed by atoms with Crippen molar-refractivity contribution in [2.24, 2.45) is 5.73 Å². The van der Waals surface area contributed by atoms with Crippen molar-refractivity contribution < 1.29 is 23.5 Å². The first-order chi connectivity index (χ1) is 8.73. The number of amides is 1. The monoisotopic (exact) mass is 272 g/mol. The van der Waals surface area contributed by atoms with E-state index in [1.807, 2.05) is 0 Å². The van der Waals surface area contributed by atoms with Crippen molar-refractivity contribution in [3.05, 3.63) is 29.3 Å². The van der Waals surface area contributed by atoms with Gasteiger partial charge in [-0.3, -0.25) is 4.79 Å². The lowest BCUT2D eigenvalue weighted by Crippen LogP contribution is -2.39. The predicted octanol–water partition coefficient (Wildman–Crippen LogP) is 1.36. The molecule has 0 saturated heterocycles. The van der Waals surface area contributed by atoms with Gasteiger partial charge in [0, 0.05) is 6.04 Å². The molecule has 0 unspecified atom stereocenters. The van der Waals surface area contributed by atoms with Crippen molar-refractivity contribution >= 4 is 17.6 Å². The minimum absolute atomic E-state index is 0.363. The van der Waals surface area contributed by atoms with Crippen molar-refractivity contribution in [3.63, 3.8) is 0 Å². The van der Waals surface area contributed by atoms with Crippen LogP contribution in [0.5, 0.6) is 0 Å². The van der Waals surface area contributed by atoms with E-state index in [1.54, 1.807) is 13.8 Å². The molecule has 1 rings (SSSR count). The fourth-order valence-electron chi connectivity index (χ4n) is 1.65. The van der Waals surface area contributed by atoms with E-state index in [9.17, 15) is 18.4 Å². The highest BCUT2D eigenvalue weighted by Gasteiger charge is 2.23. The zero-order valence-electron chi connectivity index (χ0n) is 10.5. The van der Waals surface area contributed by atoms with Crippen molar-refractivity contribution in [3.8, 4) is 0 Å². The summed E-state index contributed by atoms with van der Waals surface area (Å²) < 4.78 is 27.7. The van der Waals surface area contributed by atoms with Gasteiger partial charge in [-0.2, -0.15) is 0 Å². The van der Waals surface area contributed by atoms with Gasteiger partial charge in [0.15, 0.2) is 0 Å². The zero-order chi connectivity index (χ0) is 14.7. The van der Waals surface area contributed by atoms with E-state index in [2.05, 4.69) is 0 Å². The molecule has 1 aromatic rings. The molecule has 0 radical (unpaired) electrons. The van der Waals surface area contributed by atoms with Gasteiger partial charge in [-0.1, -0.05) is 0 Å². The van der Waals surface area contributed by atoms with Crippen LogP contribution in [0.25, 0.3) is 0 Å². The smallest absolute Gasteiger partial charge is 0.335 e. The Morgan fingerprint density at radius 3 is 2.11 bits per heavy atom. The molecule has 0 heterocycles. The molecule has 0 aliphatic heterocycles. The molecule has 0 bridgehead atoms. The molecule has 104 valence electrons. The summed E-state index contributed by atoms with van der Waals surface area (Å²) in [5.41, 5.74) is 4.07. The highest BCUT2D eigenvalue weighted by Crippen LogP contribution is 2.26. The Balaban J connectivity index is 3.31. The molecular weight excluding hydrogens is 258 g/mol. The number of hydrogen-bond donors (Lipinski definition) is 2. The Kier molecular flexibility index (Phi) is 4.42. The van der Waals surface area contributed by atoms with Gasteiger partial charge >= 0.3 is 5.97 Å². The third-order valence-corrected chi connectivity index (χ3v) is 2.50. The standard InChI is InChI=1S/C12H14F2N2O3/c1-6(2)16(5-10(15)17)11-8(13)3-7(12(18)19)4-9(11)14/h3-4,6H,5H2,1-2H3,(H2,15,17)(H,18,19). The Morgan fingerprint density at radius 2 is 1.79 bits per heavy atom. The Labute approximate surface area is 108 Å². The lowest BCUT2D eigenvalue weighted by molar-refractivity contribution is -0.116. The molecule has 0 aliphatic rings. The van der Waals surface area contributed by atoms with Gasteiger partial charge in [0.25, 0.3) is 0 Å². The molecule has 3 N–H and O–H groups in total. The number of nitrogens with two attached hydrogens (primary N) is 1. The predicted molar refractivity (Wildman–Crippen MR) is 65.0 cm³/mol. The average Bonchev–Trinajstić information content (AvgIpc) is 2.25. The maximum Gasteiger partial charge on any atom is 0.335 e. The second kappa shape index (κ2) is 5.64. The van der Waals surface area contributed by atoms with E-state index in [4.69, 9.17) is 10.8 Å². The van der Waals surface area contributed by atoms with Crippen LogP contribution in [0.15, 0.2) is 12.1 Å². The fourth-order valence-corrected chi connectivity index (χ4v) is 1.65. The normalized spacial score (nSPS) is 10.6. The minimum atomic E-state index is -1.43. The van der Waals surface area contributed by atoms with E-state index >= 15 is 0 Å². The molecule has 0 aliphatic carbocycles. The van der Waals surface area contributed by atoms with Crippen molar-refractivity contribution in [2.75, 3.05) is 11.4 Å². The molecule has 0 spiro atoms. The molecule has 0 atom stereocenters. The zero-order valence-corrected chi connectivity index (χ0v) is 10.5. The van der Waals surface area contributed by atoms with Crippen LogP contribution in [-0.4, -0.2) is 29.6 Å². The van der Waals surface area contributed by atoms with E-state index in [0.717, 1.165) is 4.90 Å². The molecule has 1 amide bonds. The summed E-state index contributed by atoms with van der Waals surface area (Å²) in [7, 11) is 0. The van der Waals surface area contributed by atoms with E-state index < -0.39 is 34.8 Å². The van der Waals surface area contributed by atoms with Gasteiger partial charge in [0.2, 0.25) is 5.91 Å². The summed E-state index contributed by atoms with van der Waals surface area (Å²) in [4.78, 5) is 22.7. The van der Waals surface area contributed by atoms with Gasteiger partial charge in [0.05, 0.1) is 12.1 Å². The molecule has 0 aromatic heterocycles. The van der Waals surface area contributed by atoms with Gasteiger partial charge < -0.3 is 15.7 Å². The highest BCUT2D eigenvalue weighted by molar-refractivity contribution is 5.88. The molecule has 1 aromatic carbocycles. The second-order valence-corrected chi connectivity index (χ2v) is 4.28. The third-order valence-electron chi connectivity index (χ3n) is 2.50. The van der Waals surface area contributed by atoms with Gasteiger partial charge in [-0.15, -0.1) is 0 Å².